The lowest BCUT2D eigenvalue weighted by Gasteiger charge is -2.02. The van der Waals surface area contributed by atoms with Crippen LogP contribution in [-0.2, 0) is 17.6 Å². The summed E-state index contributed by atoms with van der Waals surface area (Å²) in [6.45, 7) is 2.07. The third-order valence-corrected chi connectivity index (χ3v) is 4.87. The van der Waals surface area contributed by atoms with Crippen LogP contribution in [0.4, 0.5) is 5.13 Å². The Hall–Kier alpha value is -2.99. The summed E-state index contributed by atoms with van der Waals surface area (Å²) in [6, 6.07) is 16.7. The average molecular weight is 366 g/mol. The number of nitrogens with zero attached hydrogens (tertiary/aromatic N) is 1. The minimum absolute atomic E-state index is 0.135. The van der Waals surface area contributed by atoms with Crippen molar-refractivity contribution >= 4 is 28.3 Å². The molecule has 0 aliphatic carbocycles. The number of thiazole rings is 1. The van der Waals surface area contributed by atoms with Crippen LogP contribution in [-0.4, -0.2) is 22.0 Å². The molecule has 0 radical (unpaired) electrons. The van der Waals surface area contributed by atoms with Gasteiger partial charge in [-0.2, -0.15) is 0 Å². The molecule has 3 rings (SSSR count). The maximum atomic E-state index is 12.3. The number of anilines is 1. The van der Waals surface area contributed by atoms with Crippen LogP contribution in [0.3, 0.4) is 0 Å². The summed E-state index contributed by atoms with van der Waals surface area (Å²) in [7, 11) is 0. The molecule has 0 saturated carbocycles. The number of aromatic nitrogens is 1. The maximum absolute atomic E-state index is 12.3. The molecule has 0 spiro atoms. The number of carbonyl (C=O) groups excluding carboxylic acids is 1. The number of nitrogens with one attached hydrogen (secondary N) is 1. The predicted octanol–water partition coefficient (Wildman–Crippen LogP) is 4.25. The summed E-state index contributed by atoms with van der Waals surface area (Å²) in [5.41, 5.74) is 3.16. The normalized spacial score (nSPS) is 10.5. The van der Waals surface area contributed by atoms with Crippen molar-refractivity contribution in [2.45, 2.75) is 19.8 Å². The van der Waals surface area contributed by atoms with Gasteiger partial charge in [0.05, 0.1) is 12.1 Å². The molecule has 0 bridgehead atoms. The molecule has 0 aliphatic heterocycles. The highest BCUT2D eigenvalue weighted by atomic mass is 32.1. The molecular weight excluding hydrogens is 348 g/mol. The van der Waals surface area contributed by atoms with Gasteiger partial charge in [-0.25, -0.2) is 4.98 Å². The smallest absolute Gasteiger partial charge is 0.308 e. The fraction of sp³-hybridized carbons (Fsp3) is 0.150. The van der Waals surface area contributed by atoms with Gasteiger partial charge in [0.15, 0.2) is 5.13 Å². The van der Waals surface area contributed by atoms with Gasteiger partial charge in [-0.05, 0) is 24.1 Å². The molecule has 132 valence electrons. The minimum atomic E-state index is -0.930. The van der Waals surface area contributed by atoms with Crippen molar-refractivity contribution in [3.05, 3.63) is 70.6 Å². The lowest BCUT2D eigenvalue weighted by atomic mass is 10.1. The second-order valence-electron chi connectivity index (χ2n) is 5.73. The lowest BCUT2D eigenvalue weighted by Crippen LogP contribution is -2.11. The summed E-state index contributed by atoms with van der Waals surface area (Å²) in [5.74, 6) is -1.20. The zero-order chi connectivity index (χ0) is 18.5. The number of benzene rings is 2. The van der Waals surface area contributed by atoms with Crippen LogP contribution < -0.4 is 5.32 Å². The summed E-state index contributed by atoms with van der Waals surface area (Å²) in [6.07, 6.45) is 0.793. The van der Waals surface area contributed by atoms with Crippen LogP contribution in [0, 0.1) is 0 Å². The van der Waals surface area contributed by atoms with E-state index in [1.54, 1.807) is 24.3 Å². The minimum Gasteiger partial charge on any atom is -0.481 e. The number of carbonyl (C=O) groups is 2. The maximum Gasteiger partial charge on any atom is 0.308 e. The highest BCUT2D eigenvalue weighted by molar-refractivity contribution is 7.16. The van der Waals surface area contributed by atoms with E-state index in [1.165, 1.54) is 16.9 Å². The number of carboxylic acids is 1. The molecule has 3 aromatic rings. The van der Waals surface area contributed by atoms with Gasteiger partial charge in [-0.1, -0.05) is 49.4 Å². The van der Waals surface area contributed by atoms with Gasteiger partial charge in [0.1, 0.15) is 0 Å². The van der Waals surface area contributed by atoms with Gasteiger partial charge in [-0.3, -0.25) is 14.9 Å². The van der Waals surface area contributed by atoms with Crippen LogP contribution in [0.2, 0.25) is 0 Å². The van der Waals surface area contributed by atoms with Crippen molar-refractivity contribution in [3.63, 3.8) is 0 Å². The van der Waals surface area contributed by atoms with Crippen molar-refractivity contribution in [2.24, 2.45) is 0 Å². The molecule has 0 aliphatic rings. The Bertz CT molecular complexity index is 918. The first-order valence-corrected chi connectivity index (χ1v) is 9.05. The largest absolute Gasteiger partial charge is 0.481 e. The van der Waals surface area contributed by atoms with Gasteiger partial charge in [0.2, 0.25) is 0 Å². The molecule has 0 saturated heterocycles. The lowest BCUT2D eigenvalue weighted by molar-refractivity contribution is -0.136. The van der Waals surface area contributed by atoms with E-state index in [1.807, 2.05) is 30.3 Å². The standard InChI is InChI=1S/C20H18N2O3S/c1-2-13-8-10-14(11-9-13)18-16(12-17(23)24)26-20(21-18)22-19(25)15-6-4-3-5-7-15/h3-11H,2,12H2,1H3,(H,23,24)(H,21,22,25). The molecule has 26 heavy (non-hydrogen) atoms. The van der Waals surface area contributed by atoms with E-state index in [0.29, 0.717) is 21.3 Å². The molecule has 1 amide bonds. The molecule has 1 aromatic heterocycles. The molecular formula is C20H18N2O3S. The molecule has 6 heteroatoms. The predicted molar refractivity (Wildman–Crippen MR) is 103 cm³/mol. The van der Waals surface area contributed by atoms with E-state index in [2.05, 4.69) is 17.2 Å². The number of hydrogen-bond acceptors (Lipinski definition) is 4. The van der Waals surface area contributed by atoms with Crippen molar-refractivity contribution in [1.29, 1.82) is 0 Å². The Balaban J connectivity index is 1.91. The Morgan fingerprint density at radius 1 is 1.08 bits per heavy atom. The number of aryl methyl sites for hydroxylation is 1. The topological polar surface area (TPSA) is 79.3 Å². The Morgan fingerprint density at radius 2 is 1.77 bits per heavy atom. The SMILES string of the molecule is CCc1ccc(-c2nc(NC(=O)c3ccccc3)sc2CC(=O)O)cc1. The highest BCUT2D eigenvalue weighted by Gasteiger charge is 2.17. The molecule has 0 unspecified atom stereocenters. The average Bonchev–Trinajstić information content (AvgIpc) is 3.04. The van der Waals surface area contributed by atoms with Crippen LogP contribution in [0.15, 0.2) is 54.6 Å². The van der Waals surface area contributed by atoms with Gasteiger partial charge >= 0.3 is 5.97 Å². The van der Waals surface area contributed by atoms with Crippen LogP contribution in [0.25, 0.3) is 11.3 Å². The summed E-state index contributed by atoms with van der Waals surface area (Å²) in [4.78, 5) is 28.6. The van der Waals surface area contributed by atoms with Crippen molar-refractivity contribution in [1.82, 2.24) is 4.98 Å². The number of amides is 1. The fourth-order valence-electron chi connectivity index (χ4n) is 2.55. The van der Waals surface area contributed by atoms with E-state index in [4.69, 9.17) is 0 Å². The third-order valence-electron chi connectivity index (χ3n) is 3.90. The van der Waals surface area contributed by atoms with Gasteiger partial charge < -0.3 is 5.11 Å². The van der Waals surface area contributed by atoms with Gasteiger partial charge in [0, 0.05) is 16.0 Å². The zero-order valence-corrected chi connectivity index (χ0v) is 15.0. The summed E-state index contributed by atoms with van der Waals surface area (Å²) < 4.78 is 0. The molecule has 0 atom stereocenters. The van der Waals surface area contributed by atoms with E-state index in [9.17, 15) is 14.7 Å². The number of carboxylic acid groups (broad SMARTS) is 1. The second kappa shape index (κ2) is 7.93. The second-order valence-corrected chi connectivity index (χ2v) is 6.82. The van der Waals surface area contributed by atoms with E-state index in [-0.39, 0.29) is 12.3 Å². The Kier molecular flexibility index (Phi) is 5.43. The molecule has 5 nitrogen and oxygen atoms in total. The first kappa shape index (κ1) is 17.8. The summed E-state index contributed by atoms with van der Waals surface area (Å²) >= 11 is 1.19. The van der Waals surface area contributed by atoms with Crippen LogP contribution >= 0.6 is 11.3 Å². The molecule has 2 N–H and O–H groups in total. The number of aliphatic carboxylic acids is 1. The molecule has 2 aromatic carbocycles. The van der Waals surface area contributed by atoms with Gasteiger partial charge in [0.25, 0.3) is 5.91 Å². The van der Waals surface area contributed by atoms with Crippen molar-refractivity contribution in [3.8, 4) is 11.3 Å². The quantitative estimate of drug-likeness (QED) is 0.683. The Labute approximate surface area is 155 Å². The fourth-order valence-corrected chi connectivity index (χ4v) is 3.51. The van der Waals surface area contributed by atoms with Crippen molar-refractivity contribution < 1.29 is 14.7 Å². The van der Waals surface area contributed by atoms with Crippen LogP contribution in [0.5, 0.6) is 0 Å². The Morgan fingerprint density at radius 3 is 2.38 bits per heavy atom. The first-order chi connectivity index (χ1) is 12.6. The monoisotopic (exact) mass is 366 g/mol. The number of rotatable bonds is 6. The van der Waals surface area contributed by atoms with E-state index < -0.39 is 5.97 Å². The van der Waals surface area contributed by atoms with E-state index in [0.717, 1.165) is 12.0 Å². The number of hydrogen-bond donors (Lipinski definition) is 2. The molecule has 0 fully saturated rings. The van der Waals surface area contributed by atoms with E-state index >= 15 is 0 Å². The third kappa shape index (κ3) is 4.15. The molecule has 1 heterocycles. The van der Waals surface area contributed by atoms with Crippen LogP contribution in [0.1, 0.15) is 27.7 Å². The highest BCUT2D eigenvalue weighted by Crippen LogP contribution is 2.32. The first-order valence-electron chi connectivity index (χ1n) is 8.24. The van der Waals surface area contributed by atoms with Gasteiger partial charge in [-0.15, -0.1) is 11.3 Å². The van der Waals surface area contributed by atoms with Crippen molar-refractivity contribution in [2.75, 3.05) is 5.32 Å². The zero-order valence-electron chi connectivity index (χ0n) is 14.2. The summed E-state index contributed by atoms with van der Waals surface area (Å²) in [5, 5.41) is 12.3.